The molecule has 35 heavy (non-hydrogen) atoms. The third kappa shape index (κ3) is 4.04. The summed E-state index contributed by atoms with van der Waals surface area (Å²) in [7, 11) is 0. The summed E-state index contributed by atoms with van der Waals surface area (Å²) in [6.07, 6.45) is 1.35. The summed E-state index contributed by atoms with van der Waals surface area (Å²) in [5.41, 5.74) is 7.86. The first-order valence-electron chi connectivity index (χ1n) is 10.5. The molecule has 0 aliphatic carbocycles. The summed E-state index contributed by atoms with van der Waals surface area (Å²) < 4.78 is 49.1. The summed E-state index contributed by atoms with van der Waals surface area (Å²) >= 11 is 0. The number of benzene rings is 1. The van der Waals surface area contributed by atoms with Gasteiger partial charge < -0.3 is 20.4 Å². The summed E-state index contributed by atoms with van der Waals surface area (Å²) in [6.45, 7) is 6.67. The highest BCUT2D eigenvalue weighted by Gasteiger charge is 2.26. The van der Waals surface area contributed by atoms with E-state index in [9.17, 15) is 18.0 Å². The lowest BCUT2D eigenvalue weighted by atomic mass is 10.1. The molecule has 4 heterocycles. The number of aromatic amines is 1. The number of halogens is 3. The minimum absolute atomic E-state index is 0.0714. The van der Waals surface area contributed by atoms with Crippen molar-refractivity contribution in [2.24, 2.45) is 0 Å². The molecule has 5 rings (SSSR count). The lowest BCUT2D eigenvalue weighted by molar-refractivity contribution is 0.0717. The highest BCUT2D eigenvalue weighted by atomic mass is 19.1. The van der Waals surface area contributed by atoms with Crippen LogP contribution in [0, 0.1) is 24.0 Å². The van der Waals surface area contributed by atoms with Gasteiger partial charge in [0.1, 0.15) is 29.0 Å². The molecule has 0 radical (unpaired) electrons. The zero-order chi connectivity index (χ0) is 24.7. The Labute approximate surface area is 197 Å². The van der Waals surface area contributed by atoms with Crippen molar-refractivity contribution < 1.29 is 22.7 Å². The number of anilines is 1. The molecule has 3 N–H and O–H groups in total. The van der Waals surface area contributed by atoms with Crippen molar-refractivity contribution in [2.75, 3.05) is 5.73 Å². The van der Waals surface area contributed by atoms with Gasteiger partial charge in [-0.2, -0.15) is 0 Å². The van der Waals surface area contributed by atoms with Gasteiger partial charge in [0.05, 0.1) is 49.6 Å². The number of pyridine rings is 2. The number of fused-ring (bicyclic) bond motifs is 3. The minimum Gasteiger partial charge on any atom is -0.383 e. The van der Waals surface area contributed by atoms with Crippen molar-refractivity contribution >= 4 is 28.4 Å². The van der Waals surface area contributed by atoms with Crippen LogP contribution in [0.1, 0.15) is 32.9 Å². The Balaban J connectivity index is 1.56. The molecule has 4 aromatic rings. The average Bonchev–Trinajstić information content (AvgIpc) is 3.49. The molecule has 0 unspecified atom stereocenters. The number of H-pyrrole nitrogens is 1. The normalized spacial score (nSPS) is 12.5. The van der Waals surface area contributed by atoms with Gasteiger partial charge in [-0.1, -0.05) is 0 Å². The maximum atomic E-state index is 14.6. The Morgan fingerprint density at radius 1 is 1.14 bits per heavy atom. The number of nitrogens with one attached hydrogen (secondary N) is 1. The molecule has 0 atom stereocenters. The third-order valence-corrected chi connectivity index (χ3v) is 5.80. The zero-order valence-electron chi connectivity index (χ0n) is 18.1. The van der Waals surface area contributed by atoms with E-state index in [0.29, 0.717) is 30.1 Å². The van der Waals surface area contributed by atoms with Crippen LogP contribution >= 0.6 is 0 Å². The van der Waals surface area contributed by atoms with Crippen molar-refractivity contribution in [2.45, 2.75) is 26.3 Å². The zero-order valence-corrected chi connectivity index (χ0v) is 18.1. The number of carbonyl (C=O) groups excluding carboxylic acids is 1. The molecule has 3 aromatic heterocycles. The molecular weight excluding hydrogens is 461 g/mol. The number of nitrogen functional groups attached to an aromatic ring is 1. The van der Waals surface area contributed by atoms with Crippen LogP contribution in [0.2, 0.25) is 0 Å². The molecule has 8 nitrogen and oxygen atoms in total. The van der Waals surface area contributed by atoms with Crippen molar-refractivity contribution in [3.05, 3.63) is 93.5 Å². The van der Waals surface area contributed by atoms with Crippen LogP contribution < -0.4 is 5.73 Å². The van der Waals surface area contributed by atoms with E-state index >= 15 is 0 Å². The number of hydrogen-bond donors (Lipinski definition) is 2. The molecule has 0 saturated carbocycles. The van der Waals surface area contributed by atoms with E-state index in [2.05, 4.69) is 19.8 Å². The quantitative estimate of drug-likeness (QED) is 0.415. The third-order valence-electron chi connectivity index (χ3n) is 5.80. The summed E-state index contributed by atoms with van der Waals surface area (Å²) in [5.74, 6) is -3.02. The van der Waals surface area contributed by atoms with Gasteiger partial charge in [-0.15, -0.1) is 0 Å². The Morgan fingerprint density at radius 3 is 2.60 bits per heavy atom. The van der Waals surface area contributed by atoms with Crippen molar-refractivity contribution in [3.8, 4) is 0 Å². The van der Waals surface area contributed by atoms with Gasteiger partial charge in [-0.3, -0.25) is 9.78 Å². The lowest BCUT2D eigenvalue weighted by Crippen LogP contribution is -2.32. The first-order chi connectivity index (χ1) is 16.9. The SMILES string of the molecule is [C-]#[N+]c1cc(F)c(CN(Cc2ncccc2F)C(=O)c2cc3nc(N)c4c(c3[nH]2)COC4)c(F)c1. The fourth-order valence-corrected chi connectivity index (χ4v) is 4.04. The molecule has 1 aromatic carbocycles. The van der Waals surface area contributed by atoms with Crippen LogP contribution in [-0.2, 0) is 31.0 Å². The van der Waals surface area contributed by atoms with E-state index in [0.717, 1.165) is 28.2 Å². The number of aromatic nitrogens is 3. The Morgan fingerprint density at radius 2 is 1.89 bits per heavy atom. The number of carbonyl (C=O) groups is 1. The van der Waals surface area contributed by atoms with E-state index in [-0.39, 0.29) is 23.6 Å². The topological polar surface area (TPSA) is 101 Å². The molecule has 1 aliphatic heterocycles. The van der Waals surface area contributed by atoms with Crippen LogP contribution in [0.15, 0.2) is 36.5 Å². The fourth-order valence-electron chi connectivity index (χ4n) is 4.04. The second-order valence-corrected chi connectivity index (χ2v) is 7.98. The van der Waals surface area contributed by atoms with Gasteiger partial charge in [-0.05, 0) is 30.3 Å². The molecule has 1 aliphatic rings. The van der Waals surface area contributed by atoms with Gasteiger partial charge in [0, 0.05) is 22.9 Å². The van der Waals surface area contributed by atoms with Crippen LogP contribution in [0.25, 0.3) is 15.9 Å². The van der Waals surface area contributed by atoms with Crippen LogP contribution in [0.3, 0.4) is 0 Å². The van der Waals surface area contributed by atoms with Gasteiger partial charge in [0.15, 0.2) is 5.69 Å². The number of amides is 1. The molecule has 11 heteroatoms. The van der Waals surface area contributed by atoms with Gasteiger partial charge in [0.25, 0.3) is 5.91 Å². The maximum Gasteiger partial charge on any atom is 0.271 e. The standard InChI is InChI=1S/C24H17F3N6O2/c1-29-12-5-17(26)13(18(27)6-12)8-33(9-21-16(25)3-2-4-30-21)24(34)20-7-19-22(31-20)14-10-35-11-15(14)23(28)32-19/h2-7,31H,8-11H2,(H2,28,32). The molecule has 0 fully saturated rings. The highest BCUT2D eigenvalue weighted by Crippen LogP contribution is 2.32. The Hall–Kier alpha value is -4.43. The second kappa shape index (κ2) is 8.73. The molecule has 0 bridgehead atoms. The molecule has 176 valence electrons. The van der Waals surface area contributed by atoms with Crippen LogP contribution in [0.4, 0.5) is 24.7 Å². The number of nitrogens with zero attached hydrogens (tertiary/aromatic N) is 4. The number of hydrogen-bond acceptors (Lipinski definition) is 5. The van der Waals surface area contributed by atoms with E-state index in [1.54, 1.807) is 0 Å². The summed E-state index contributed by atoms with van der Waals surface area (Å²) in [6, 6.07) is 5.81. The molecule has 1 amide bonds. The van der Waals surface area contributed by atoms with Crippen LogP contribution in [0.5, 0.6) is 0 Å². The predicted octanol–water partition coefficient (Wildman–Crippen LogP) is 4.38. The highest BCUT2D eigenvalue weighted by molar-refractivity contribution is 5.98. The van der Waals surface area contributed by atoms with Gasteiger partial charge >= 0.3 is 0 Å². The Bertz CT molecular complexity index is 1500. The largest absolute Gasteiger partial charge is 0.383 e. The first kappa shape index (κ1) is 22.4. The smallest absolute Gasteiger partial charge is 0.271 e. The van der Waals surface area contributed by atoms with Crippen LogP contribution in [-0.4, -0.2) is 25.8 Å². The minimum atomic E-state index is -0.989. The second-order valence-electron chi connectivity index (χ2n) is 7.98. The van der Waals surface area contributed by atoms with Crippen molar-refractivity contribution in [1.82, 2.24) is 19.9 Å². The number of rotatable bonds is 5. The average molecular weight is 478 g/mol. The fraction of sp³-hybridized carbons (Fsp3) is 0.167. The lowest BCUT2D eigenvalue weighted by Gasteiger charge is -2.23. The molecular formula is C24H17F3N6O2. The predicted molar refractivity (Wildman–Crippen MR) is 119 cm³/mol. The number of ether oxygens (including phenoxy) is 1. The Kier molecular flexibility index (Phi) is 5.58. The first-order valence-corrected chi connectivity index (χ1v) is 10.5. The summed E-state index contributed by atoms with van der Waals surface area (Å²) in [4.78, 5) is 28.9. The van der Waals surface area contributed by atoms with E-state index in [4.69, 9.17) is 17.0 Å². The van der Waals surface area contributed by atoms with Gasteiger partial charge in [-0.25, -0.2) is 23.0 Å². The van der Waals surface area contributed by atoms with Gasteiger partial charge in [0.2, 0.25) is 0 Å². The summed E-state index contributed by atoms with van der Waals surface area (Å²) in [5, 5.41) is 0. The van der Waals surface area contributed by atoms with E-state index < -0.39 is 35.5 Å². The number of nitrogens with two attached hydrogens (primary N) is 1. The van der Waals surface area contributed by atoms with Crippen molar-refractivity contribution in [1.29, 1.82) is 0 Å². The van der Waals surface area contributed by atoms with E-state index in [1.165, 1.54) is 24.4 Å². The molecule has 0 saturated heterocycles. The maximum absolute atomic E-state index is 14.6. The monoisotopic (exact) mass is 478 g/mol. The molecule has 0 spiro atoms. The van der Waals surface area contributed by atoms with E-state index in [1.807, 2.05) is 0 Å². The van der Waals surface area contributed by atoms with Crippen molar-refractivity contribution in [3.63, 3.8) is 0 Å².